The summed E-state index contributed by atoms with van der Waals surface area (Å²) in [5, 5.41) is 3.02. The molecule has 5 heteroatoms. The van der Waals surface area contributed by atoms with Crippen molar-refractivity contribution in [3.8, 4) is 0 Å². The van der Waals surface area contributed by atoms with Gasteiger partial charge < -0.3 is 5.32 Å². The largest absolute Gasteiger partial charge is 0.390 e. The number of hydrogen-bond acceptors (Lipinski definition) is 2. The molecule has 0 amide bonds. The second-order valence-electron chi connectivity index (χ2n) is 4.33. The molecule has 1 aromatic rings. The van der Waals surface area contributed by atoms with Gasteiger partial charge in [-0.3, -0.25) is 4.90 Å². The van der Waals surface area contributed by atoms with Gasteiger partial charge in [-0.1, -0.05) is 30.3 Å². The molecular weight excluding hydrogens is 241 g/mol. The van der Waals surface area contributed by atoms with Crippen molar-refractivity contribution in [3.05, 3.63) is 35.9 Å². The van der Waals surface area contributed by atoms with Crippen LogP contribution >= 0.6 is 0 Å². The van der Waals surface area contributed by atoms with E-state index >= 15 is 0 Å². The molecule has 2 nitrogen and oxygen atoms in total. The van der Waals surface area contributed by atoms with Gasteiger partial charge in [-0.05, 0) is 19.7 Å². The Balaban J connectivity index is 2.67. The lowest BCUT2D eigenvalue weighted by Crippen LogP contribution is -2.34. The number of rotatable bonds is 6. The van der Waals surface area contributed by atoms with E-state index in [2.05, 4.69) is 5.32 Å². The van der Waals surface area contributed by atoms with Crippen molar-refractivity contribution < 1.29 is 13.2 Å². The van der Waals surface area contributed by atoms with E-state index in [0.717, 1.165) is 5.56 Å². The molecule has 0 bridgehead atoms. The van der Waals surface area contributed by atoms with Gasteiger partial charge in [0.25, 0.3) is 0 Å². The van der Waals surface area contributed by atoms with Crippen LogP contribution in [0.15, 0.2) is 30.3 Å². The number of hydrogen-bond donors (Lipinski definition) is 1. The SMILES string of the molecule is CNCC(c1ccccc1)N(C)CCC(F)(F)F. The molecule has 0 aliphatic carbocycles. The first-order valence-electron chi connectivity index (χ1n) is 5.90. The van der Waals surface area contributed by atoms with E-state index in [1.165, 1.54) is 0 Å². The summed E-state index contributed by atoms with van der Waals surface area (Å²) >= 11 is 0. The Morgan fingerprint density at radius 1 is 1.22 bits per heavy atom. The van der Waals surface area contributed by atoms with Crippen LogP contribution in [-0.4, -0.2) is 38.3 Å². The highest BCUT2D eigenvalue weighted by molar-refractivity contribution is 5.19. The maximum atomic E-state index is 12.2. The van der Waals surface area contributed by atoms with E-state index in [1.807, 2.05) is 30.3 Å². The predicted molar refractivity (Wildman–Crippen MR) is 66.4 cm³/mol. The molecule has 1 aromatic carbocycles. The zero-order valence-corrected chi connectivity index (χ0v) is 10.7. The quantitative estimate of drug-likeness (QED) is 0.846. The van der Waals surface area contributed by atoms with E-state index in [-0.39, 0.29) is 12.6 Å². The second kappa shape index (κ2) is 6.75. The molecule has 0 fully saturated rings. The van der Waals surface area contributed by atoms with Gasteiger partial charge in [0, 0.05) is 19.1 Å². The molecular formula is C13H19F3N2. The molecule has 1 atom stereocenters. The van der Waals surface area contributed by atoms with Crippen molar-refractivity contribution in [3.63, 3.8) is 0 Å². The van der Waals surface area contributed by atoms with Gasteiger partial charge in [0.05, 0.1) is 6.42 Å². The summed E-state index contributed by atoms with van der Waals surface area (Å²) in [5.41, 5.74) is 1.02. The van der Waals surface area contributed by atoms with E-state index in [4.69, 9.17) is 0 Å². The highest BCUT2D eigenvalue weighted by Crippen LogP contribution is 2.23. The van der Waals surface area contributed by atoms with Gasteiger partial charge in [0.2, 0.25) is 0 Å². The number of halogens is 3. The fraction of sp³-hybridized carbons (Fsp3) is 0.538. The summed E-state index contributed by atoms with van der Waals surface area (Å²) in [7, 11) is 3.52. The molecule has 0 spiro atoms. The van der Waals surface area contributed by atoms with Gasteiger partial charge in [0.15, 0.2) is 0 Å². The Bertz CT molecular complexity index is 338. The normalized spacial score (nSPS) is 13.9. The van der Waals surface area contributed by atoms with Crippen molar-refractivity contribution >= 4 is 0 Å². The average Bonchev–Trinajstić information content (AvgIpc) is 2.33. The minimum Gasteiger partial charge on any atom is -0.318 e. The summed E-state index contributed by atoms with van der Waals surface area (Å²) in [6.45, 7) is 0.628. The molecule has 0 heterocycles. The molecule has 1 unspecified atom stereocenters. The maximum absolute atomic E-state index is 12.2. The zero-order valence-electron chi connectivity index (χ0n) is 10.7. The Morgan fingerprint density at radius 3 is 2.33 bits per heavy atom. The van der Waals surface area contributed by atoms with Gasteiger partial charge in [-0.25, -0.2) is 0 Å². The molecule has 1 rings (SSSR count). The lowest BCUT2D eigenvalue weighted by Gasteiger charge is -2.28. The lowest BCUT2D eigenvalue weighted by molar-refractivity contribution is -0.138. The molecule has 18 heavy (non-hydrogen) atoms. The molecule has 0 saturated heterocycles. The fourth-order valence-electron chi connectivity index (χ4n) is 1.86. The third-order valence-corrected chi connectivity index (χ3v) is 2.86. The fourth-order valence-corrected chi connectivity index (χ4v) is 1.86. The van der Waals surface area contributed by atoms with Crippen molar-refractivity contribution in [1.82, 2.24) is 10.2 Å². The first-order chi connectivity index (χ1) is 8.44. The Labute approximate surface area is 106 Å². The Morgan fingerprint density at radius 2 is 1.83 bits per heavy atom. The van der Waals surface area contributed by atoms with Gasteiger partial charge >= 0.3 is 6.18 Å². The number of nitrogens with one attached hydrogen (secondary N) is 1. The number of benzene rings is 1. The van der Waals surface area contributed by atoms with Crippen LogP contribution in [0.25, 0.3) is 0 Å². The van der Waals surface area contributed by atoms with Gasteiger partial charge in [-0.15, -0.1) is 0 Å². The summed E-state index contributed by atoms with van der Waals surface area (Å²) < 4.78 is 36.7. The predicted octanol–water partition coefficient (Wildman–Crippen LogP) is 2.83. The highest BCUT2D eigenvalue weighted by Gasteiger charge is 2.28. The van der Waals surface area contributed by atoms with E-state index in [0.29, 0.717) is 6.54 Å². The minimum atomic E-state index is -4.10. The van der Waals surface area contributed by atoms with Crippen LogP contribution in [0.3, 0.4) is 0 Å². The molecule has 0 aromatic heterocycles. The van der Waals surface area contributed by atoms with Crippen LogP contribution in [0.5, 0.6) is 0 Å². The minimum absolute atomic E-state index is 0.00470. The van der Waals surface area contributed by atoms with E-state index < -0.39 is 12.6 Å². The van der Waals surface area contributed by atoms with Crippen LogP contribution in [0.1, 0.15) is 18.0 Å². The Kier molecular flexibility index (Phi) is 5.62. The molecule has 102 valence electrons. The first kappa shape index (κ1) is 15.0. The third kappa shape index (κ3) is 5.06. The Hall–Kier alpha value is -1.07. The standard InChI is InChI=1S/C13H19F3N2/c1-17-10-12(11-6-4-3-5-7-11)18(2)9-8-13(14,15)16/h3-7,12,17H,8-10H2,1-2H3. The van der Waals surface area contributed by atoms with E-state index in [1.54, 1.807) is 19.0 Å². The van der Waals surface area contributed by atoms with Crippen LogP contribution in [0.2, 0.25) is 0 Å². The van der Waals surface area contributed by atoms with Crippen molar-refractivity contribution in [2.75, 3.05) is 27.2 Å². The molecule has 0 aliphatic heterocycles. The van der Waals surface area contributed by atoms with Crippen LogP contribution in [0, 0.1) is 0 Å². The molecule has 0 saturated carbocycles. The zero-order chi connectivity index (χ0) is 13.6. The van der Waals surface area contributed by atoms with Crippen LogP contribution in [-0.2, 0) is 0 Å². The number of alkyl halides is 3. The topological polar surface area (TPSA) is 15.3 Å². The van der Waals surface area contributed by atoms with Crippen molar-refractivity contribution in [1.29, 1.82) is 0 Å². The highest BCUT2D eigenvalue weighted by atomic mass is 19.4. The number of likely N-dealkylation sites (N-methyl/N-ethyl adjacent to an activating group) is 2. The van der Waals surface area contributed by atoms with Crippen LogP contribution in [0.4, 0.5) is 13.2 Å². The second-order valence-corrected chi connectivity index (χ2v) is 4.33. The third-order valence-electron chi connectivity index (χ3n) is 2.86. The number of nitrogens with zero attached hydrogens (tertiary/aromatic N) is 1. The first-order valence-corrected chi connectivity index (χ1v) is 5.90. The average molecular weight is 260 g/mol. The smallest absolute Gasteiger partial charge is 0.318 e. The van der Waals surface area contributed by atoms with Crippen LogP contribution < -0.4 is 5.32 Å². The maximum Gasteiger partial charge on any atom is 0.390 e. The van der Waals surface area contributed by atoms with Crippen molar-refractivity contribution in [2.24, 2.45) is 0 Å². The van der Waals surface area contributed by atoms with E-state index in [9.17, 15) is 13.2 Å². The molecule has 1 N–H and O–H groups in total. The molecule has 0 radical (unpaired) electrons. The monoisotopic (exact) mass is 260 g/mol. The molecule has 0 aliphatic rings. The summed E-state index contributed by atoms with van der Waals surface area (Å²) in [6.07, 6.45) is -4.88. The summed E-state index contributed by atoms with van der Waals surface area (Å²) in [6, 6.07) is 9.53. The van der Waals surface area contributed by atoms with Gasteiger partial charge in [-0.2, -0.15) is 13.2 Å². The summed E-state index contributed by atoms with van der Waals surface area (Å²) in [4.78, 5) is 1.74. The summed E-state index contributed by atoms with van der Waals surface area (Å²) in [5.74, 6) is 0. The van der Waals surface area contributed by atoms with Crippen molar-refractivity contribution in [2.45, 2.75) is 18.6 Å². The van der Waals surface area contributed by atoms with Gasteiger partial charge in [0.1, 0.15) is 0 Å². The lowest BCUT2D eigenvalue weighted by atomic mass is 10.1.